The Bertz CT molecular complexity index is 727. The second-order valence-corrected chi connectivity index (χ2v) is 5.30. The van der Waals surface area contributed by atoms with E-state index in [1.807, 2.05) is 24.5 Å². The Balaban J connectivity index is 2.12. The minimum atomic E-state index is 0.0403. The van der Waals surface area contributed by atoms with Crippen LogP contribution in [-0.2, 0) is 0 Å². The SMILES string of the molecule is CCCNC(c1occc1C)c1cncc2ccccc12. The number of fused-ring (bicyclic) bond motifs is 1. The molecule has 108 valence electrons. The molecule has 2 heterocycles. The van der Waals surface area contributed by atoms with E-state index in [4.69, 9.17) is 4.42 Å². The van der Waals surface area contributed by atoms with Gasteiger partial charge in [-0.25, -0.2) is 0 Å². The van der Waals surface area contributed by atoms with Gasteiger partial charge in [-0.2, -0.15) is 0 Å². The number of pyridine rings is 1. The van der Waals surface area contributed by atoms with E-state index in [1.165, 1.54) is 10.9 Å². The third-order valence-electron chi connectivity index (χ3n) is 3.77. The third-order valence-corrected chi connectivity index (χ3v) is 3.77. The molecule has 3 nitrogen and oxygen atoms in total. The molecule has 3 rings (SSSR count). The summed E-state index contributed by atoms with van der Waals surface area (Å²) < 4.78 is 5.74. The molecule has 0 aliphatic heterocycles. The summed E-state index contributed by atoms with van der Waals surface area (Å²) in [6.45, 7) is 5.19. The monoisotopic (exact) mass is 280 g/mol. The van der Waals surface area contributed by atoms with E-state index in [0.29, 0.717) is 0 Å². The van der Waals surface area contributed by atoms with Crippen LogP contribution in [0, 0.1) is 6.92 Å². The summed E-state index contributed by atoms with van der Waals surface area (Å²) in [5.74, 6) is 0.974. The maximum Gasteiger partial charge on any atom is 0.128 e. The number of aryl methyl sites for hydroxylation is 1. The highest BCUT2D eigenvalue weighted by Crippen LogP contribution is 2.30. The Hall–Kier alpha value is -2.13. The lowest BCUT2D eigenvalue weighted by Crippen LogP contribution is -2.23. The van der Waals surface area contributed by atoms with Gasteiger partial charge in [0, 0.05) is 23.3 Å². The molecule has 3 heteroatoms. The smallest absolute Gasteiger partial charge is 0.128 e. The van der Waals surface area contributed by atoms with Gasteiger partial charge in [-0.05, 0) is 36.9 Å². The fourth-order valence-corrected chi connectivity index (χ4v) is 2.68. The standard InChI is InChI=1S/C18H20N2O/c1-3-9-20-17(18-13(2)8-10-21-18)16-12-19-11-14-6-4-5-7-15(14)16/h4-8,10-12,17,20H,3,9H2,1-2H3. The molecule has 1 unspecified atom stereocenters. The molecule has 0 aliphatic rings. The predicted molar refractivity (Wildman–Crippen MR) is 85.3 cm³/mol. The van der Waals surface area contributed by atoms with E-state index < -0.39 is 0 Å². The fourth-order valence-electron chi connectivity index (χ4n) is 2.68. The lowest BCUT2D eigenvalue weighted by Gasteiger charge is -2.19. The number of nitrogens with zero attached hydrogens (tertiary/aromatic N) is 1. The number of benzene rings is 1. The predicted octanol–water partition coefficient (Wildman–Crippen LogP) is 4.23. The van der Waals surface area contributed by atoms with Crippen molar-refractivity contribution >= 4 is 10.8 Å². The van der Waals surface area contributed by atoms with Crippen molar-refractivity contribution in [2.75, 3.05) is 6.54 Å². The molecule has 1 aromatic carbocycles. The Morgan fingerprint density at radius 2 is 2.05 bits per heavy atom. The van der Waals surface area contributed by atoms with Crippen LogP contribution in [0.5, 0.6) is 0 Å². The normalized spacial score (nSPS) is 12.7. The first-order valence-electron chi connectivity index (χ1n) is 7.41. The minimum absolute atomic E-state index is 0.0403. The highest BCUT2D eigenvalue weighted by atomic mass is 16.3. The van der Waals surface area contributed by atoms with E-state index in [2.05, 4.69) is 42.3 Å². The van der Waals surface area contributed by atoms with Gasteiger partial charge in [0.05, 0.1) is 12.3 Å². The Labute approximate surface area is 125 Å². The van der Waals surface area contributed by atoms with Crippen molar-refractivity contribution in [3.63, 3.8) is 0 Å². The molecule has 0 saturated carbocycles. The van der Waals surface area contributed by atoms with Crippen LogP contribution in [0.3, 0.4) is 0 Å². The largest absolute Gasteiger partial charge is 0.467 e. The second kappa shape index (κ2) is 6.10. The van der Waals surface area contributed by atoms with Crippen molar-refractivity contribution < 1.29 is 4.42 Å². The molecule has 21 heavy (non-hydrogen) atoms. The Morgan fingerprint density at radius 1 is 1.19 bits per heavy atom. The fraction of sp³-hybridized carbons (Fsp3) is 0.278. The zero-order chi connectivity index (χ0) is 14.7. The van der Waals surface area contributed by atoms with Crippen LogP contribution < -0.4 is 5.32 Å². The van der Waals surface area contributed by atoms with Gasteiger partial charge in [0.25, 0.3) is 0 Å². The van der Waals surface area contributed by atoms with Crippen molar-refractivity contribution in [3.8, 4) is 0 Å². The van der Waals surface area contributed by atoms with E-state index >= 15 is 0 Å². The van der Waals surface area contributed by atoms with Gasteiger partial charge < -0.3 is 9.73 Å². The molecule has 1 N–H and O–H groups in total. The molecule has 0 fully saturated rings. The van der Waals surface area contributed by atoms with E-state index in [-0.39, 0.29) is 6.04 Å². The number of aromatic nitrogens is 1. The average Bonchev–Trinajstić information content (AvgIpc) is 2.94. The van der Waals surface area contributed by atoms with Crippen molar-refractivity contribution in [2.24, 2.45) is 0 Å². The minimum Gasteiger partial charge on any atom is -0.467 e. The van der Waals surface area contributed by atoms with Crippen molar-refractivity contribution in [1.29, 1.82) is 0 Å². The Kier molecular flexibility index (Phi) is 4.02. The van der Waals surface area contributed by atoms with Crippen LogP contribution in [0.4, 0.5) is 0 Å². The molecule has 0 spiro atoms. The topological polar surface area (TPSA) is 38.1 Å². The first-order chi connectivity index (χ1) is 10.3. The van der Waals surface area contributed by atoms with Crippen LogP contribution in [0.1, 0.15) is 36.3 Å². The molecular formula is C18H20N2O. The van der Waals surface area contributed by atoms with Gasteiger partial charge in [-0.1, -0.05) is 31.2 Å². The van der Waals surface area contributed by atoms with Gasteiger partial charge in [-0.3, -0.25) is 4.98 Å². The summed E-state index contributed by atoms with van der Waals surface area (Å²) in [5, 5.41) is 5.96. The maximum atomic E-state index is 5.74. The quantitative estimate of drug-likeness (QED) is 0.760. The van der Waals surface area contributed by atoms with Crippen LogP contribution in [-0.4, -0.2) is 11.5 Å². The second-order valence-electron chi connectivity index (χ2n) is 5.30. The van der Waals surface area contributed by atoms with Gasteiger partial charge in [-0.15, -0.1) is 0 Å². The number of rotatable bonds is 5. The van der Waals surface area contributed by atoms with Crippen LogP contribution in [0.25, 0.3) is 10.8 Å². The first kappa shape index (κ1) is 13.8. The van der Waals surface area contributed by atoms with Crippen LogP contribution in [0.15, 0.2) is 53.4 Å². The highest BCUT2D eigenvalue weighted by molar-refractivity contribution is 5.85. The molecule has 0 amide bonds. The average molecular weight is 280 g/mol. The molecule has 0 bridgehead atoms. The molecule has 3 aromatic rings. The van der Waals surface area contributed by atoms with Gasteiger partial charge in [0.15, 0.2) is 0 Å². The number of nitrogens with one attached hydrogen (secondary N) is 1. The van der Waals surface area contributed by atoms with Crippen LogP contribution in [0.2, 0.25) is 0 Å². The van der Waals surface area contributed by atoms with Crippen LogP contribution >= 0.6 is 0 Å². The molecular weight excluding hydrogens is 260 g/mol. The summed E-state index contributed by atoms with van der Waals surface area (Å²) in [4.78, 5) is 4.40. The lowest BCUT2D eigenvalue weighted by molar-refractivity contribution is 0.445. The zero-order valence-corrected chi connectivity index (χ0v) is 12.5. The van der Waals surface area contributed by atoms with Gasteiger partial charge in [0.2, 0.25) is 0 Å². The number of hydrogen-bond donors (Lipinski definition) is 1. The molecule has 0 radical (unpaired) electrons. The van der Waals surface area contributed by atoms with E-state index in [9.17, 15) is 0 Å². The summed E-state index contributed by atoms with van der Waals surface area (Å²) >= 11 is 0. The molecule has 0 aliphatic carbocycles. The molecule has 2 aromatic heterocycles. The first-order valence-corrected chi connectivity index (χ1v) is 7.41. The molecule has 1 atom stereocenters. The van der Waals surface area contributed by atoms with E-state index in [1.54, 1.807) is 6.26 Å². The summed E-state index contributed by atoms with van der Waals surface area (Å²) in [6.07, 6.45) is 6.68. The summed E-state index contributed by atoms with van der Waals surface area (Å²) in [5.41, 5.74) is 2.33. The number of hydrogen-bond acceptors (Lipinski definition) is 3. The maximum absolute atomic E-state index is 5.74. The number of furan rings is 1. The van der Waals surface area contributed by atoms with E-state index in [0.717, 1.165) is 29.7 Å². The van der Waals surface area contributed by atoms with Gasteiger partial charge in [0.1, 0.15) is 5.76 Å². The summed E-state index contributed by atoms with van der Waals surface area (Å²) in [6, 6.07) is 10.4. The van der Waals surface area contributed by atoms with Crippen molar-refractivity contribution in [2.45, 2.75) is 26.3 Å². The van der Waals surface area contributed by atoms with Gasteiger partial charge >= 0.3 is 0 Å². The summed E-state index contributed by atoms with van der Waals surface area (Å²) in [7, 11) is 0. The van der Waals surface area contributed by atoms with Crippen molar-refractivity contribution in [3.05, 3.63) is 65.9 Å². The Morgan fingerprint density at radius 3 is 2.81 bits per heavy atom. The third kappa shape index (κ3) is 2.69. The zero-order valence-electron chi connectivity index (χ0n) is 12.5. The molecule has 0 saturated heterocycles. The highest BCUT2D eigenvalue weighted by Gasteiger charge is 2.20. The lowest BCUT2D eigenvalue weighted by atomic mass is 9.98. The van der Waals surface area contributed by atoms with Crippen molar-refractivity contribution in [1.82, 2.24) is 10.3 Å².